The average Bonchev–Trinajstić information content (AvgIpc) is 3.08. The van der Waals surface area contributed by atoms with Crippen molar-refractivity contribution in [2.75, 3.05) is 12.3 Å². The minimum atomic E-state index is -0.285. The molecule has 1 fully saturated rings. The molecule has 1 unspecified atom stereocenters. The highest BCUT2D eigenvalue weighted by atomic mass is 32.2. The number of likely N-dealkylation sites (tertiary alicyclic amines) is 1. The number of rotatable bonds is 5. The zero-order chi connectivity index (χ0) is 16.9. The standard InChI is InChI=1S/C18H22FN3OS/c1-2-15-7-3-4-10-21(15)17(23)13-24-18-20-9-11-22(18)16-8-5-6-14(19)12-16/h5-6,8-9,11-12,15H,2-4,7,10,13H2,1H3. The van der Waals surface area contributed by atoms with Gasteiger partial charge in [0, 0.05) is 25.0 Å². The summed E-state index contributed by atoms with van der Waals surface area (Å²) in [6.45, 7) is 3.00. The SMILES string of the molecule is CCC1CCCCN1C(=O)CSc1nccn1-c1cccc(F)c1. The minimum Gasteiger partial charge on any atom is -0.339 e. The molecule has 0 aliphatic carbocycles. The van der Waals surface area contributed by atoms with Gasteiger partial charge in [0.15, 0.2) is 5.16 Å². The highest BCUT2D eigenvalue weighted by Gasteiger charge is 2.25. The number of carbonyl (C=O) groups excluding carboxylic acids is 1. The molecule has 1 amide bonds. The number of imidazole rings is 1. The van der Waals surface area contributed by atoms with Crippen molar-refractivity contribution in [1.82, 2.24) is 14.5 Å². The van der Waals surface area contributed by atoms with Gasteiger partial charge in [0.2, 0.25) is 5.91 Å². The Morgan fingerprint density at radius 3 is 3.08 bits per heavy atom. The van der Waals surface area contributed by atoms with Gasteiger partial charge in [-0.1, -0.05) is 24.8 Å². The molecule has 6 heteroatoms. The van der Waals surface area contributed by atoms with E-state index in [0.717, 1.165) is 25.8 Å². The molecule has 1 aromatic carbocycles. The van der Waals surface area contributed by atoms with Gasteiger partial charge in [-0.3, -0.25) is 9.36 Å². The number of halogens is 1. The molecule has 1 saturated heterocycles. The third-order valence-electron chi connectivity index (χ3n) is 4.44. The van der Waals surface area contributed by atoms with Crippen LogP contribution in [-0.4, -0.2) is 38.7 Å². The predicted molar refractivity (Wildman–Crippen MR) is 93.9 cm³/mol. The molecular formula is C18H22FN3OS. The van der Waals surface area contributed by atoms with Crippen LogP contribution in [0.1, 0.15) is 32.6 Å². The van der Waals surface area contributed by atoms with Gasteiger partial charge in [0.1, 0.15) is 5.82 Å². The largest absolute Gasteiger partial charge is 0.339 e. The summed E-state index contributed by atoms with van der Waals surface area (Å²) in [5.74, 6) is 0.246. The Kier molecular flexibility index (Phi) is 5.56. The summed E-state index contributed by atoms with van der Waals surface area (Å²) in [7, 11) is 0. The maximum absolute atomic E-state index is 13.4. The van der Waals surface area contributed by atoms with E-state index in [1.54, 1.807) is 18.5 Å². The van der Waals surface area contributed by atoms with Crippen molar-refractivity contribution in [3.05, 3.63) is 42.5 Å². The van der Waals surface area contributed by atoms with Crippen LogP contribution in [0.5, 0.6) is 0 Å². The van der Waals surface area contributed by atoms with E-state index in [1.165, 1.54) is 30.3 Å². The smallest absolute Gasteiger partial charge is 0.233 e. The van der Waals surface area contributed by atoms with Gasteiger partial charge in [-0.2, -0.15) is 0 Å². The molecule has 3 rings (SSSR count). The van der Waals surface area contributed by atoms with Crippen LogP contribution in [0.25, 0.3) is 5.69 Å². The van der Waals surface area contributed by atoms with Crippen molar-refractivity contribution in [3.63, 3.8) is 0 Å². The Bertz CT molecular complexity index is 703. The van der Waals surface area contributed by atoms with Gasteiger partial charge in [0.25, 0.3) is 0 Å². The summed E-state index contributed by atoms with van der Waals surface area (Å²) >= 11 is 1.41. The molecule has 1 aromatic heterocycles. The van der Waals surface area contributed by atoms with Crippen molar-refractivity contribution >= 4 is 17.7 Å². The highest BCUT2D eigenvalue weighted by molar-refractivity contribution is 7.99. The number of thioether (sulfide) groups is 1. The first-order chi connectivity index (χ1) is 11.7. The molecule has 0 bridgehead atoms. The minimum absolute atomic E-state index is 0.167. The van der Waals surface area contributed by atoms with Crippen LogP contribution in [-0.2, 0) is 4.79 Å². The van der Waals surface area contributed by atoms with E-state index < -0.39 is 0 Å². The lowest BCUT2D eigenvalue weighted by molar-refractivity contribution is -0.132. The van der Waals surface area contributed by atoms with Gasteiger partial charge < -0.3 is 4.90 Å². The summed E-state index contributed by atoms with van der Waals surface area (Å²) in [5, 5.41) is 0.707. The number of benzene rings is 1. The fourth-order valence-corrected chi connectivity index (χ4v) is 4.04. The third kappa shape index (κ3) is 3.80. The van der Waals surface area contributed by atoms with E-state index in [4.69, 9.17) is 0 Å². The van der Waals surface area contributed by atoms with Crippen molar-refractivity contribution in [1.29, 1.82) is 0 Å². The van der Waals surface area contributed by atoms with E-state index >= 15 is 0 Å². The Morgan fingerprint density at radius 1 is 1.42 bits per heavy atom. The zero-order valence-electron chi connectivity index (χ0n) is 13.8. The van der Waals surface area contributed by atoms with Gasteiger partial charge in [-0.25, -0.2) is 9.37 Å². The summed E-state index contributed by atoms with van der Waals surface area (Å²) in [4.78, 5) is 18.9. The summed E-state index contributed by atoms with van der Waals surface area (Å²) in [6.07, 6.45) is 7.87. The lowest BCUT2D eigenvalue weighted by Gasteiger charge is -2.35. The Labute approximate surface area is 146 Å². The van der Waals surface area contributed by atoms with E-state index in [2.05, 4.69) is 11.9 Å². The van der Waals surface area contributed by atoms with E-state index in [1.807, 2.05) is 15.5 Å². The van der Waals surface area contributed by atoms with Gasteiger partial charge in [-0.15, -0.1) is 0 Å². The number of hydrogen-bond acceptors (Lipinski definition) is 3. The normalized spacial score (nSPS) is 17.9. The van der Waals surface area contributed by atoms with E-state index in [0.29, 0.717) is 22.6 Å². The van der Waals surface area contributed by atoms with Crippen molar-refractivity contribution < 1.29 is 9.18 Å². The van der Waals surface area contributed by atoms with E-state index in [-0.39, 0.29) is 11.7 Å². The Hall–Kier alpha value is -1.82. The predicted octanol–water partition coefficient (Wildman–Crippen LogP) is 3.89. The maximum atomic E-state index is 13.4. The molecule has 0 N–H and O–H groups in total. The number of amides is 1. The lowest BCUT2D eigenvalue weighted by atomic mass is 10.0. The van der Waals surface area contributed by atoms with Crippen molar-refractivity contribution in [2.45, 2.75) is 43.8 Å². The molecule has 128 valence electrons. The molecule has 1 atom stereocenters. The fourth-order valence-electron chi connectivity index (χ4n) is 3.18. The van der Waals surface area contributed by atoms with Crippen LogP contribution < -0.4 is 0 Å². The molecule has 0 saturated carbocycles. The topological polar surface area (TPSA) is 38.1 Å². The van der Waals surface area contributed by atoms with Gasteiger partial charge in [-0.05, 0) is 43.9 Å². The van der Waals surface area contributed by atoms with Crippen LogP contribution in [0, 0.1) is 5.82 Å². The summed E-state index contributed by atoms with van der Waals surface area (Å²) < 4.78 is 15.2. The summed E-state index contributed by atoms with van der Waals surface area (Å²) in [6, 6.07) is 6.75. The number of hydrogen-bond donors (Lipinski definition) is 0. The van der Waals surface area contributed by atoms with Crippen LogP contribution in [0.3, 0.4) is 0 Å². The highest BCUT2D eigenvalue weighted by Crippen LogP contribution is 2.24. The number of carbonyl (C=O) groups is 1. The maximum Gasteiger partial charge on any atom is 0.233 e. The molecule has 4 nitrogen and oxygen atoms in total. The second-order valence-corrected chi connectivity index (χ2v) is 6.94. The van der Waals surface area contributed by atoms with Crippen LogP contribution in [0.4, 0.5) is 4.39 Å². The molecule has 1 aliphatic rings. The molecule has 2 heterocycles. The number of aromatic nitrogens is 2. The summed E-state index contributed by atoms with van der Waals surface area (Å²) in [5.41, 5.74) is 0.715. The number of piperidine rings is 1. The number of nitrogens with zero attached hydrogens (tertiary/aromatic N) is 3. The quantitative estimate of drug-likeness (QED) is 0.770. The monoisotopic (exact) mass is 347 g/mol. The van der Waals surface area contributed by atoms with Gasteiger partial charge in [0.05, 0.1) is 11.4 Å². The second kappa shape index (κ2) is 7.83. The lowest BCUT2D eigenvalue weighted by Crippen LogP contribution is -2.44. The van der Waals surface area contributed by atoms with Crippen LogP contribution in [0.2, 0.25) is 0 Å². The molecule has 2 aromatic rings. The zero-order valence-corrected chi connectivity index (χ0v) is 14.6. The second-order valence-electron chi connectivity index (χ2n) is 5.99. The van der Waals surface area contributed by atoms with Crippen molar-refractivity contribution in [2.24, 2.45) is 0 Å². The third-order valence-corrected chi connectivity index (χ3v) is 5.39. The molecule has 0 spiro atoms. The van der Waals surface area contributed by atoms with Crippen LogP contribution in [0.15, 0.2) is 41.8 Å². The Morgan fingerprint density at radius 2 is 2.29 bits per heavy atom. The van der Waals surface area contributed by atoms with Crippen LogP contribution >= 0.6 is 11.8 Å². The Balaban J connectivity index is 1.67. The average molecular weight is 347 g/mol. The van der Waals surface area contributed by atoms with Crippen molar-refractivity contribution in [3.8, 4) is 5.69 Å². The first-order valence-corrected chi connectivity index (χ1v) is 9.39. The molecule has 1 aliphatic heterocycles. The molecule has 0 radical (unpaired) electrons. The fraction of sp³-hybridized carbons (Fsp3) is 0.444. The van der Waals surface area contributed by atoms with E-state index in [9.17, 15) is 9.18 Å². The molecular weight excluding hydrogens is 325 g/mol. The molecule has 24 heavy (non-hydrogen) atoms. The van der Waals surface area contributed by atoms with Gasteiger partial charge >= 0.3 is 0 Å². The first-order valence-electron chi connectivity index (χ1n) is 8.40. The first kappa shape index (κ1) is 17.0.